The standard InChI is InChI=1S/C22H16N4O2/c27-21(15-5-3-9-23-13-15)11-19-20(12-22(28)16-6-4-10-24-14-16)26-18-8-2-1-7-17(18)25-19/h1-10,13-14H,11-12H2. The summed E-state index contributed by atoms with van der Waals surface area (Å²) in [6.45, 7) is 0. The Labute approximate surface area is 161 Å². The summed E-state index contributed by atoms with van der Waals surface area (Å²) in [6, 6.07) is 14.3. The zero-order valence-corrected chi connectivity index (χ0v) is 14.9. The van der Waals surface area contributed by atoms with Crippen molar-refractivity contribution < 1.29 is 9.59 Å². The normalized spacial score (nSPS) is 10.7. The van der Waals surface area contributed by atoms with E-state index in [1.165, 1.54) is 12.4 Å². The number of ketones is 2. The SMILES string of the molecule is O=C(Cc1nc2ccccc2nc1CC(=O)c1cccnc1)c1cccnc1. The molecule has 0 radical (unpaired) electrons. The number of pyridine rings is 2. The molecule has 0 unspecified atom stereocenters. The monoisotopic (exact) mass is 368 g/mol. The third-order valence-electron chi connectivity index (χ3n) is 4.35. The Balaban J connectivity index is 1.70. The van der Waals surface area contributed by atoms with E-state index >= 15 is 0 Å². The highest BCUT2D eigenvalue weighted by molar-refractivity contribution is 5.99. The molecule has 1 aromatic carbocycles. The van der Waals surface area contributed by atoms with Crippen LogP contribution in [0.1, 0.15) is 32.1 Å². The second-order valence-electron chi connectivity index (χ2n) is 6.29. The van der Waals surface area contributed by atoms with E-state index in [-0.39, 0.29) is 24.4 Å². The molecule has 0 amide bonds. The van der Waals surface area contributed by atoms with E-state index in [1.807, 2.05) is 24.3 Å². The highest BCUT2D eigenvalue weighted by Gasteiger charge is 2.17. The second-order valence-corrected chi connectivity index (χ2v) is 6.29. The maximum atomic E-state index is 12.7. The van der Waals surface area contributed by atoms with E-state index in [2.05, 4.69) is 19.9 Å². The van der Waals surface area contributed by atoms with Crippen LogP contribution in [0.15, 0.2) is 73.3 Å². The number of Topliss-reactive ketones (excluding diaryl/α,β-unsaturated/α-hetero) is 2. The summed E-state index contributed by atoms with van der Waals surface area (Å²) in [6.07, 6.45) is 6.39. The molecule has 0 saturated carbocycles. The summed E-state index contributed by atoms with van der Waals surface area (Å²) in [5.74, 6) is -0.236. The Morgan fingerprint density at radius 1 is 0.643 bits per heavy atom. The first-order valence-corrected chi connectivity index (χ1v) is 8.82. The zero-order valence-electron chi connectivity index (χ0n) is 14.9. The highest BCUT2D eigenvalue weighted by atomic mass is 16.1. The van der Waals surface area contributed by atoms with Crippen molar-refractivity contribution in [2.24, 2.45) is 0 Å². The third kappa shape index (κ3) is 3.81. The van der Waals surface area contributed by atoms with Crippen LogP contribution in [0.4, 0.5) is 0 Å². The number of hydrogen-bond acceptors (Lipinski definition) is 6. The topological polar surface area (TPSA) is 85.7 Å². The Morgan fingerprint density at radius 3 is 1.50 bits per heavy atom. The molecule has 0 saturated heterocycles. The predicted octanol–water partition coefficient (Wildman–Crippen LogP) is 3.27. The number of carbonyl (C=O) groups is 2. The van der Waals surface area contributed by atoms with Gasteiger partial charge in [-0.1, -0.05) is 12.1 Å². The predicted molar refractivity (Wildman–Crippen MR) is 104 cm³/mol. The van der Waals surface area contributed by atoms with Crippen LogP contribution in [0.25, 0.3) is 11.0 Å². The summed E-state index contributed by atoms with van der Waals surface area (Å²) in [4.78, 5) is 42.5. The van der Waals surface area contributed by atoms with Crippen LogP contribution >= 0.6 is 0 Å². The fourth-order valence-electron chi connectivity index (χ4n) is 2.92. The lowest BCUT2D eigenvalue weighted by Crippen LogP contribution is -2.13. The lowest BCUT2D eigenvalue weighted by molar-refractivity contribution is 0.0976. The average Bonchev–Trinajstić information content (AvgIpc) is 2.75. The van der Waals surface area contributed by atoms with E-state index in [0.29, 0.717) is 33.5 Å². The van der Waals surface area contributed by atoms with Gasteiger partial charge < -0.3 is 0 Å². The zero-order chi connectivity index (χ0) is 19.3. The average molecular weight is 368 g/mol. The third-order valence-corrected chi connectivity index (χ3v) is 4.35. The minimum atomic E-state index is -0.118. The van der Waals surface area contributed by atoms with E-state index < -0.39 is 0 Å². The van der Waals surface area contributed by atoms with Gasteiger partial charge in [0.15, 0.2) is 11.6 Å². The molecule has 3 heterocycles. The smallest absolute Gasteiger partial charge is 0.170 e. The summed E-state index contributed by atoms with van der Waals surface area (Å²) >= 11 is 0. The van der Waals surface area contributed by atoms with E-state index in [4.69, 9.17) is 0 Å². The molecule has 0 bridgehead atoms. The largest absolute Gasteiger partial charge is 0.294 e. The first-order chi connectivity index (χ1) is 13.7. The molecule has 6 nitrogen and oxygen atoms in total. The van der Waals surface area contributed by atoms with Crippen molar-refractivity contribution in [3.8, 4) is 0 Å². The van der Waals surface area contributed by atoms with Crippen molar-refractivity contribution in [1.82, 2.24) is 19.9 Å². The molecular weight excluding hydrogens is 352 g/mol. The second kappa shape index (κ2) is 7.84. The number of nitrogens with zero attached hydrogens (tertiary/aromatic N) is 4. The molecule has 4 aromatic rings. The Hall–Kier alpha value is -3.80. The Bertz CT molecular complexity index is 1050. The van der Waals surface area contributed by atoms with Gasteiger partial charge in [0.05, 0.1) is 35.3 Å². The van der Waals surface area contributed by atoms with Gasteiger partial charge in [0.2, 0.25) is 0 Å². The number of hydrogen-bond donors (Lipinski definition) is 0. The van der Waals surface area contributed by atoms with Gasteiger partial charge in [-0.3, -0.25) is 19.6 Å². The van der Waals surface area contributed by atoms with Crippen molar-refractivity contribution >= 4 is 22.6 Å². The van der Waals surface area contributed by atoms with Crippen LogP contribution in [-0.2, 0) is 12.8 Å². The highest BCUT2D eigenvalue weighted by Crippen LogP contribution is 2.17. The van der Waals surface area contributed by atoms with Crippen LogP contribution in [-0.4, -0.2) is 31.5 Å². The molecule has 0 aliphatic carbocycles. The van der Waals surface area contributed by atoms with Crippen molar-refractivity contribution in [2.45, 2.75) is 12.8 Å². The van der Waals surface area contributed by atoms with E-state index in [0.717, 1.165) is 0 Å². The summed E-state index contributed by atoms with van der Waals surface area (Å²) in [7, 11) is 0. The molecule has 136 valence electrons. The molecule has 0 aliphatic heterocycles. The maximum absolute atomic E-state index is 12.7. The number of carbonyl (C=O) groups excluding carboxylic acids is 2. The number of benzene rings is 1. The van der Waals surface area contributed by atoms with Crippen molar-refractivity contribution in [1.29, 1.82) is 0 Å². The number of para-hydroxylation sites is 2. The van der Waals surface area contributed by atoms with Crippen LogP contribution in [0.3, 0.4) is 0 Å². The van der Waals surface area contributed by atoms with Gasteiger partial charge in [0.25, 0.3) is 0 Å². The molecule has 28 heavy (non-hydrogen) atoms. The molecule has 3 aromatic heterocycles. The van der Waals surface area contributed by atoms with Gasteiger partial charge in [-0.05, 0) is 36.4 Å². The molecule has 0 aliphatic rings. The molecule has 4 rings (SSSR count). The number of aromatic nitrogens is 4. The van der Waals surface area contributed by atoms with Crippen molar-refractivity contribution in [2.75, 3.05) is 0 Å². The first kappa shape index (κ1) is 17.6. The molecule has 0 atom stereocenters. The Morgan fingerprint density at radius 2 is 1.11 bits per heavy atom. The van der Waals surface area contributed by atoms with E-state index in [1.54, 1.807) is 36.7 Å². The van der Waals surface area contributed by atoms with Crippen LogP contribution < -0.4 is 0 Å². The van der Waals surface area contributed by atoms with Crippen molar-refractivity contribution in [3.63, 3.8) is 0 Å². The minimum Gasteiger partial charge on any atom is -0.294 e. The van der Waals surface area contributed by atoms with Crippen LogP contribution in [0, 0.1) is 0 Å². The van der Waals surface area contributed by atoms with Crippen LogP contribution in [0.5, 0.6) is 0 Å². The fourth-order valence-corrected chi connectivity index (χ4v) is 2.92. The molecule has 0 N–H and O–H groups in total. The number of fused-ring (bicyclic) bond motifs is 1. The quantitative estimate of drug-likeness (QED) is 0.486. The summed E-state index contributed by atoms with van der Waals surface area (Å²) in [5, 5.41) is 0. The first-order valence-electron chi connectivity index (χ1n) is 8.82. The summed E-state index contributed by atoms with van der Waals surface area (Å²) in [5.41, 5.74) is 3.39. The van der Waals surface area contributed by atoms with Gasteiger partial charge in [-0.2, -0.15) is 0 Å². The van der Waals surface area contributed by atoms with Crippen LogP contribution in [0.2, 0.25) is 0 Å². The van der Waals surface area contributed by atoms with Gasteiger partial charge in [-0.15, -0.1) is 0 Å². The number of rotatable bonds is 6. The Kier molecular flexibility index (Phi) is 4.93. The lowest BCUT2D eigenvalue weighted by atomic mass is 10.0. The molecule has 6 heteroatoms. The maximum Gasteiger partial charge on any atom is 0.170 e. The van der Waals surface area contributed by atoms with Gasteiger partial charge in [-0.25, -0.2) is 9.97 Å². The fraction of sp³-hybridized carbons (Fsp3) is 0.0909. The van der Waals surface area contributed by atoms with Gasteiger partial charge >= 0.3 is 0 Å². The van der Waals surface area contributed by atoms with E-state index in [9.17, 15) is 9.59 Å². The minimum absolute atomic E-state index is 0.0547. The van der Waals surface area contributed by atoms with Gasteiger partial charge in [0, 0.05) is 35.9 Å². The van der Waals surface area contributed by atoms with Crippen molar-refractivity contribution in [3.05, 3.63) is 95.8 Å². The summed E-state index contributed by atoms with van der Waals surface area (Å²) < 4.78 is 0. The molecule has 0 fully saturated rings. The van der Waals surface area contributed by atoms with Gasteiger partial charge in [0.1, 0.15) is 0 Å². The molecule has 0 spiro atoms. The lowest BCUT2D eigenvalue weighted by Gasteiger charge is -2.09. The molecular formula is C22H16N4O2.